The van der Waals surface area contributed by atoms with Crippen LogP contribution < -0.4 is 5.76 Å². The van der Waals surface area contributed by atoms with Crippen molar-refractivity contribution in [3.63, 3.8) is 0 Å². The monoisotopic (exact) mass is 264 g/mol. The molecule has 4 nitrogen and oxygen atoms in total. The maximum Gasteiger partial charge on any atom is 0.417 e. The molecule has 3 aromatic rings. The third-order valence-electron chi connectivity index (χ3n) is 2.21. The maximum atomic E-state index is 11.1. The summed E-state index contributed by atoms with van der Waals surface area (Å²) in [7, 11) is 0. The van der Waals surface area contributed by atoms with E-state index in [1.807, 2.05) is 18.2 Å². The summed E-state index contributed by atoms with van der Waals surface area (Å²) < 4.78 is 5.99. The van der Waals surface area contributed by atoms with Crippen LogP contribution in [0.3, 0.4) is 0 Å². The number of hydrogen-bond donors (Lipinski definition) is 1. The fourth-order valence-electron chi connectivity index (χ4n) is 1.57. The highest BCUT2D eigenvalue weighted by atomic mass is 79.9. The first-order chi connectivity index (χ1) is 7.24. The van der Waals surface area contributed by atoms with E-state index in [2.05, 4.69) is 25.9 Å². The summed E-state index contributed by atoms with van der Waals surface area (Å²) in [5.74, 6) is -0.459. The maximum absolute atomic E-state index is 11.1. The van der Waals surface area contributed by atoms with Gasteiger partial charge in [-0.1, -0.05) is 15.9 Å². The lowest BCUT2D eigenvalue weighted by Crippen LogP contribution is -1.92. The van der Waals surface area contributed by atoms with Gasteiger partial charge in [-0.2, -0.15) is 0 Å². The summed E-state index contributed by atoms with van der Waals surface area (Å²) in [5.41, 5.74) is 1.96. The van der Waals surface area contributed by atoms with Crippen molar-refractivity contribution in [2.24, 2.45) is 0 Å². The molecule has 1 N–H and O–H groups in total. The van der Waals surface area contributed by atoms with Gasteiger partial charge in [-0.05, 0) is 18.2 Å². The van der Waals surface area contributed by atoms with Gasteiger partial charge in [-0.3, -0.25) is 9.97 Å². The highest BCUT2D eigenvalue weighted by Gasteiger charge is 2.07. The van der Waals surface area contributed by atoms with Crippen LogP contribution in [0.5, 0.6) is 0 Å². The first-order valence-corrected chi connectivity index (χ1v) is 5.10. The van der Waals surface area contributed by atoms with Crippen molar-refractivity contribution < 1.29 is 4.42 Å². The molecule has 0 atom stereocenters. The molecule has 3 rings (SSSR count). The molecular formula is C10H5BrN2O2. The quantitative estimate of drug-likeness (QED) is 0.679. The zero-order chi connectivity index (χ0) is 10.4. The summed E-state index contributed by atoms with van der Waals surface area (Å²) in [6, 6.07) is 5.64. The fourth-order valence-corrected chi connectivity index (χ4v) is 1.93. The van der Waals surface area contributed by atoms with E-state index in [-0.39, 0.29) is 0 Å². The molecule has 0 aliphatic heterocycles. The van der Waals surface area contributed by atoms with Crippen molar-refractivity contribution in [3.05, 3.63) is 39.4 Å². The SMILES string of the molecule is O=c1[nH]c2cnc3ccc(Br)cc3c2o1. The number of aromatic amines is 1. The Hall–Kier alpha value is -1.62. The number of nitrogens with zero attached hydrogens (tertiary/aromatic N) is 1. The number of nitrogens with one attached hydrogen (secondary N) is 1. The van der Waals surface area contributed by atoms with Crippen molar-refractivity contribution in [1.29, 1.82) is 0 Å². The predicted octanol–water partition coefficient (Wildman–Crippen LogP) is 2.43. The molecule has 5 heteroatoms. The molecule has 0 bridgehead atoms. The van der Waals surface area contributed by atoms with Gasteiger partial charge >= 0.3 is 5.76 Å². The van der Waals surface area contributed by atoms with E-state index in [0.29, 0.717) is 11.1 Å². The van der Waals surface area contributed by atoms with Gasteiger partial charge in [0.1, 0.15) is 5.52 Å². The summed E-state index contributed by atoms with van der Waals surface area (Å²) in [6.07, 6.45) is 1.59. The van der Waals surface area contributed by atoms with Crippen molar-refractivity contribution >= 4 is 37.9 Å². The number of rotatable bonds is 0. The summed E-state index contributed by atoms with van der Waals surface area (Å²) in [4.78, 5) is 17.8. The number of oxazole rings is 1. The Kier molecular flexibility index (Phi) is 1.70. The first-order valence-electron chi connectivity index (χ1n) is 4.31. The summed E-state index contributed by atoms with van der Waals surface area (Å²) in [5, 5.41) is 0.820. The van der Waals surface area contributed by atoms with E-state index in [1.165, 1.54) is 0 Å². The van der Waals surface area contributed by atoms with E-state index in [1.54, 1.807) is 6.20 Å². The van der Waals surface area contributed by atoms with E-state index >= 15 is 0 Å². The third kappa shape index (κ3) is 1.27. The molecule has 2 heterocycles. The van der Waals surface area contributed by atoms with E-state index in [4.69, 9.17) is 4.42 Å². The van der Waals surface area contributed by atoms with E-state index in [0.717, 1.165) is 15.4 Å². The van der Waals surface area contributed by atoms with Crippen molar-refractivity contribution in [2.75, 3.05) is 0 Å². The Morgan fingerprint density at radius 2 is 2.27 bits per heavy atom. The second-order valence-corrected chi connectivity index (χ2v) is 4.09. The lowest BCUT2D eigenvalue weighted by Gasteiger charge is -1.97. The van der Waals surface area contributed by atoms with Crippen LogP contribution in [-0.4, -0.2) is 9.97 Å². The largest absolute Gasteiger partial charge is 0.417 e. The Labute approximate surface area is 92.1 Å². The van der Waals surface area contributed by atoms with E-state index < -0.39 is 5.76 Å². The average molecular weight is 265 g/mol. The molecule has 74 valence electrons. The molecule has 0 unspecified atom stereocenters. The Balaban J connectivity index is 2.62. The molecule has 0 aliphatic carbocycles. The molecule has 1 aromatic carbocycles. The topological polar surface area (TPSA) is 58.9 Å². The van der Waals surface area contributed by atoms with Crippen LogP contribution >= 0.6 is 15.9 Å². The molecule has 0 fully saturated rings. The fraction of sp³-hybridized carbons (Fsp3) is 0. The molecule has 0 radical (unpaired) electrons. The van der Waals surface area contributed by atoms with Gasteiger partial charge in [0.25, 0.3) is 0 Å². The van der Waals surface area contributed by atoms with Crippen molar-refractivity contribution in [1.82, 2.24) is 9.97 Å². The van der Waals surface area contributed by atoms with Gasteiger partial charge in [0, 0.05) is 9.86 Å². The Morgan fingerprint density at radius 1 is 1.40 bits per heavy atom. The summed E-state index contributed by atoms with van der Waals surface area (Å²) in [6.45, 7) is 0. The second-order valence-electron chi connectivity index (χ2n) is 3.18. The lowest BCUT2D eigenvalue weighted by atomic mass is 10.2. The smallest absolute Gasteiger partial charge is 0.407 e. The molecule has 2 aromatic heterocycles. The van der Waals surface area contributed by atoms with Crippen LogP contribution in [0, 0.1) is 0 Å². The minimum Gasteiger partial charge on any atom is -0.407 e. The zero-order valence-electron chi connectivity index (χ0n) is 7.45. The molecule has 0 saturated heterocycles. The zero-order valence-corrected chi connectivity index (χ0v) is 9.04. The Morgan fingerprint density at radius 3 is 3.13 bits per heavy atom. The minimum atomic E-state index is -0.459. The number of fused-ring (bicyclic) bond motifs is 3. The van der Waals surface area contributed by atoms with Crippen molar-refractivity contribution in [3.8, 4) is 0 Å². The van der Waals surface area contributed by atoms with Crippen molar-refractivity contribution in [2.45, 2.75) is 0 Å². The lowest BCUT2D eigenvalue weighted by molar-refractivity contribution is 0.558. The highest BCUT2D eigenvalue weighted by molar-refractivity contribution is 9.10. The van der Waals surface area contributed by atoms with Crippen LogP contribution in [-0.2, 0) is 0 Å². The number of hydrogen-bond acceptors (Lipinski definition) is 3. The van der Waals surface area contributed by atoms with Gasteiger partial charge in [-0.15, -0.1) is 0 Å². The molecular weight excluding hydrogens is 260 g/mol. The number of pyridine rings is 1. The second kappa shape index (κ2) is 2.93. The molecule has 0 amide bonds. The van der Waals surface area contributed by atoms with Gasteiger partial charge < -0.3 is 4.42 Å². The predicted molar refractivity (Wildman–Crippen MR) is 59.8 cm³/mol. The van der Waals surface area contributed by atoms with Gasteiger partial charge in [0.2, 0.25) is 0 Å². The van der Waals surface area contributed by atoms with Gasteiger partial charge in [-0.25, -0.2) is 4.79 Å². The standard InChI is InChI=1S/C10H5BrN2O2/c11-5-1-2-7-6(3-5)9-8(4-12-7)13-10(14)15-9/h1-4H,(H,13,14). The van der Waals surface area contributed by atoms with Crippen LogP contribution in [0.25, 0.3) is 22.0 Å². The number of benzene rings is 1. The third-order valence-corrected chi connectivity index (χ3v) is 2.71. The molecule has 15 heavy (non-hydrogen) atoms. The van der Waals surface area contributed by atoms with E-state index in [9.17, 15) is 4.79 Å². The van der Waals surface area contributed by atoms with Crippen LogP contribution in [0.1, 0.15) is 0 Å². The highest BCUT2D eigenvalue weighted by Crippen LogP contribution is 2.24. The van der Waals surface area contributed by atoms with Crippen LogP contribution in [0.15, 0.2) is 38.1 Å². The molecule has 0 saturated carbocycles. The average Bonchev–Trinajstić information content (AvgIpc) is 2.58. The van der Waals surface area contributed by atoms with Crippen LogP contribution in [0.2, 0.25) is 0 Å². The molecule has 0 spiro atoms. The Bertz CT molecular complexity index is 714. The van der Waals surface area contributed by atoms with Gasteiger partial charge in [0.15, 0.2) is 5.58 Å². The number of aromatic nitrogens is 2. The number of halogens is 1. The van der Waals surface area contributed by atoms with Gasteiger partial charge in [0.05, 0.1) is 11.7 Å². The summed E-state index contributed by atoms with van der Waals surface area (Å²) >= 11 is 3.37. The minimum absolute atomic E-state index is 0.459. The first kappa shape index (κ1) is 8.67. The number of H-pyrrole nitrogens is 1. The normalized spacial score (nSPS) is 11.3. The molecule has 0 aliphatic rings. The van der Waals surface area contributed by atoms with Crippen LogP contribution in [0.4, 0.5) is 0 Å².